The topological polar surface area (TPSA) is 18.5 Å². The Kier molecular flexibility index (Phi) is 5.31. The molecule has 0 aliphatic carbocycles. The van der Waals surface area contributed by atoms with E-state index < -0.39 is 12.2 Å². The van der Waals surface area contributed by atoms with E-state index in [1.165, 1.54) is 6.42 Å². The van der Waals surface area contributed by atoms with Crippen LogP contribution in [0.15, 0.2) is 0 Å². The zero-order valence-corrected chi connectivity index (χ0v) is 12.4. The molecule has 1 N–H and O–H groups in total. The van der Waals surface area contributed by atoms with Crippen molar-refractivity contribution < 1.29 is 13.2 Å². The van der Waals surface area contributed by atoms with E-state index in [1.807, 2.05) is 0 Å². The largest absolute Gasteiger partial charge is 0.405 e. The van der Waals surface area contributed by atoms with Crippen LogP contribution < -0.4 is 5.32 Å². The minimum Gasteiger partial charge on any atom is -0.314 e. The van der Waals surface area contributed by atoms with Crippen molar-refractivity contribution >= 4 is 0 Å². The highest BCUT2D eigenvalue weighted by atomic mass is 19.4. The van der Waals surface area contributed by atoms with Gasteiger partial charge in [0.1, 0.15) is 6.04 Å². The fourth-order valence-corrected chi connectivity index (χ4v) is 3.46. The smallest absolute Gasteiger partial charge is 0.314 e. The molecule has 0 aromatic heterocycles. The fourth-order valence-electron chi connectivity index (χ4n) is 3.46. The molecule has 2 unspecified atom stereocenters. The Hall–Kier alpha value is -0.330. The van der Waals surface area contributed by atoms with Crippen molar-refractivity contribution in [3.05, 3.63) is 0 Å². The highest BCUT2D eigenvalue weighted by Gasteiger charge is 2.45. The number of hydrogen-bond acceptors (Lipinski definition) is 3. The quantitative estimate of drug-likeness (QED) is 0.859. The van der Waals surface area contributed by atoms with Crippen LogP contribution in [0.4, 0.5) is 13.2 Å². The van der Waals surface area contributed by atoms with Crippen LogP contribution in [0.3, 0.4) is 0 Å². The molecule has 6 heteroatoms. The van der Waals surface area contributed by atoms with E-state index in [4.69, 9.17) is 0 Å². The Morgan fingerprint density at radius 1 is 1.20 bits per heavy atom. The molecule has 2 heterocycles. The van der Waals surface area contributed by atoms with Gasteiger partial charge in [-0.15, -0.1) is 0 Å². The zero-order chi connectivity index (χ0) is 14.8. The molecule has 20 heavy (non-hydrogen) atoms. The van der Waals surface area contributed by atoms with Crippen molar-refractivity contribution in [1.29, 1.82) is 0 Å². The average Bonchev–Trinajstić information content (AvgIpc) is 2.38. The second-order valence-corrected chi connectivity index (χ2v) is 6.24. The molecule has 2 saturated heterocycles. The summed E-state index contributed by atoms with van der Waals surface area (Å²) >= 11 is 0. The molecular weight excluding hydrogens is 267 g/mol. The van der Waals surface area contributed by atoms with Crippen LogP contribution in [0, 0.1) is 0 Å². The summed E-state index contributed by atoms with van der Waals surface area (Å²) in [5, 5.41) is 2.87. The number of hydrogen-bond donors (Lipinski definition) is 1. The van der Waals surface area contributed by atoms with Crippen LogP contribution in [0.1, 0.15) is 33.1 Å². The van der Waals surface area contributed by atoms with Crippen LogP contribution in [0.25, 0.3) is 0 Å². The Morgan fingerprint density at radius 2 is 1.95 bits per heavy atom. The van der Waals surface area contributed by atoms with E-state index in [0.29, 0.717) is 25.7 Å². The summed E-state index contributed by atoms with van der Waals surface area (Å²) in [4.78, 5) is 4.01. The van der Waals surface area contributed by atoms with Gasteiger partial charge in [-0.1, -0.05) is 6.42 Å². The summed E-state index contributed by atoms with van der Waals surface area (Å²) in [7, 11) is 0. The van der Waals surface area contributed by atoms with Crippen LogP contribution in [-0.4, -0.2) is 66.8 Å². The maximum Gasteiger partial charge on any atom is 0.405 e. The summed E-state index contributed by atoms with van der Waals surface area (Å²) in [5.41, 5.74) is 0. The third kappa shape index (κ3) is 3.86. The summed E-state index contributed by atoms with van der Waals surface area (Å²) in [6.07, 6.45) is -0.812. The van der Waals surface area contributed by atoms with Gasteiger partial charge in [-0.3, -0.25) is 9.80 Å². The Morgan fingerprint density at radius 3 is 2.60 bits per heavy atom. The van der Waals surface area contributed by atoms with Gasteiger partial charge in [0.25, 0.3) is 0 Å². The van der Waals surface area contributed by atoms with Crippen LogP contribution in [-0.2, 0) is 0 Å². The standard InChI is InChI=1S/C14H26F3N3/c1-11(2)20-7-4-3-5-12(20)10-19-8-6-18-9-13(19)14(15,16)17/h11-13,18H,3-10H2,1-2H3. The predicted octanol–water partition coefficient (Wildman–Crippen LogP) is 2.09. The Balaban J connectivity index is 2.01. The number of piperazine rings is 1. The minimum atomic E-state index is -4.13. The van der Waals surface area contributed by atoms with E-state index >= 15 is 0 Å². The molecule has 2 fully saturated rings. The van der Waals surface area contributed by atoms with Crippen LogP contribution in [0.5, 0.6) is 0 Å². The molecule has 3 nitrogen and oxygen atoms in total. The summed E-state index contributed by atoms with van der Waals surface area (Å²) in [6.45, 7) is 7.01. The number of likely N-dealkylation sites (tertiary alicyclic amines) is 1. The number of halogens is 3. The van der Waals surface area contributed by atoms with Gasteiger partial charge in [-0.25, -0.2) is 0 Å². The monoisotopic (exact) mass is 293 g/mol. The lowest BCUT2D eigenvalue weighted by molar-refractivity contribution is -0.189. The number of nitrogens with one attached hydrogen (secondary N) is 1. The molecule has 0 aromatic carbocycles. The second kappa shape index (κ2) is 6.62. The summed E-state index contributed by atoms with van der Waals surface area (Å²) < 4.78 is 39.3. The number of piperidine rings is 1. The van der Waals surface area contributed by atoms with Gasteiger partial charge < -0.3 is 5.32 Å². The van der Waals surface area contributed by atoms with Crippen molar-refractivity contribution in [2.75, 3.05) is 32.7 Å². The summed E-state index contributed by atoms with van der Waals surface area (Å²) in [6, 6.07) is -0.647. The first-order chi connectivity index (χ1) is 9.39. The third-order valence-corrected chi connectivity index (χ3v) is 4.51. The van der Waals surface area contributed by atoms with E-state index in [9.17, 15) is 13.2 Å². The normalized spacial score (nSPS) is 30.9. The molecule has 0 spiro atoms. The minimum absolute atomic E-state index is 0.0257. The van der Waals surface area contributed by atoms with Gasteiger partial charge in [0.2, 0.25) is 0 Å². The van der Waals surface area contributed by atoms with E-state index in [0.717, 1.165) is 19.4 Å². The van der Waals surface area contributed by atoms with E-state index in [2.05, 4.69) is 24.1 Å². The lowest BCUT2D eigenvalue weighted by Gasteiger charge is -2.44. The number of alkyl halides is 3. The van der Waals surface area contributed by atoms with Crippen molar-refractivity contribution in [3.8, 4) is 0 Å². The predicted molar refractivity (Wildman–Crippen MR) is 73.8 cm³/mol. The first kappa shape index (κ1) is 16.0. The van der Waals surface area contributed by atoms with Crippen molar-refractivity contribution in [3.63, 3.8) is 0 Å². The molecule has 2 aliphatic rings. The van der Waals surface area contributed by atoms with Gasteiger partial charge in [-0.2, -0.15) is 13.2 Å². The number of rotatable bonds is 3. The average molecular weight is 293 g/mol. The lowest BCUT2D eigenvalue weighted by atomic mass is 9.99. The van der Waals surface area contributed by atoms with Gasteiger partial charge >= 0.3 is 6.18 Å². The molecular formula is C14H26F3N3. The van der Waals surface area contributed by atoms with Gasteiger partial charge in [0.15, 0.2) is 0 Å². The molecule has 2 atom stereocenters. The second-order valence-electron chi connectivity index (χ2n) is 6.24. The van der Waals surface area contributed by atoms with E-state index in [-0.39, 0.29) is 12.6 Å². The van der Waals surface area contributed by atoms with Crippen molar-refractivity contribution in [2.24, 2.45) is 0 Å². The molecule has 0 aromatic rings. The maximum absolute atomic E-state index is 13.1. The van der Waals surface area contributed by atoms with Crippen molar-refractivity contribution in [2.45, 2.75) is 57.4 Å². The SMILES string of the molecule is CC(C)N1CCCCC1CN1CCNCC1C(F)(F)F. The fraction of sp³-hybridized carbons (Fsp3) is 1.00. The molecule has 2 rings (SSSR count). The summed E-state index contributed by atoms with van der Waals surface area (Å²) in [5.74, 6) is 0. The van der Waals surface area contributed by atoms with Gasteiger partial charge in [-0.05, 0) is 33.2 Å². The Bertz CT molecular complexity index is 307. The maximum atomic E-state index is 13.1. The lowest BCUT2D eigenvalue weighted by Crippen LogP contribution is -2.61. The van der Waals surface area contributed by atoms with Gasteiger partial charge in [0.05, 0.1) is 0 Å². The van der Waals surface area contributed by atoms with Gasteiger partial charge in [0, 0.05) is 38.3 Å². The van der Waals surface area contributed by atoms with E-state index in [1.54, 1.807) is 4.90 Å². The molecule has 0 radical (unpaired) electrons. The first-order valence-electron chi connectivity index (χ1n) is 7.67. The van der Waals surface area contributed by atoms with Crippen molar-refractivity contribution in [1.82, 2.24) is 15.1 Å². The van der Waals surface area contributed by atoms with Crippen LogP contribution >= 0.6 is 0 Å². The molecule has 0 amide bonds. The number of nitrogens with zero attached hydrogens (tertiary/aromatic N) is 2. The third-order valence-electron chi connectivity index (χ3n) is 4.51. The molecule has 118 valence electrons. The first-order valence-corrected chi connectivity index (χ1v) is 7.67. The zero-order valence-electron chi connectivity index (χ0n) is 12.4. The highest BCUT2D eigenvalue weighted by Crippen LogP contribution is 2.28. The molecule has 2 aliphatic heterocycles. The highest BCUT2D eigenvalue weighted by molar-refractivity contribution is 4.90. The Labute approximate surface area is 119 Å². The van der Waals surface area contributed by atoms with Crippen LogP contribution in [0.2, 0.25) is 0 Å². The molecule has 0 bridgehead atoms. The molecule has 0 saturated carbocycles.